The molecule has 9 heteroatoms. The van der Waals surface area contributed by atoms with E-state index < -0.39 is 0 Å². The number of carbonyl (C=O) groups is 3. The first-order chi connectivity index (χ1) is 16.4. The maximum atomic E-state index is 13.0. The monoisotopic (exact) mass is 485 g/mol. The van der Waals surface area contributed by atoms with E-state index in [1.54, 1.807) is 38.4 Å². The number of imide groups is 1. The van der Waals surface area contributed by atoms with Gasteiger partial charge in [-0.1, -0.05) is 23.7 Å². The fraction of sp³-hybridized carbons (Fsp3) is 0.400. The Balaban J connectivity index is 1.56. The van der Waals surface area contributed by atoms with E-state index in [1.165, 1.54) is 5.56 Å². The Bertz CT molecular complexity index is 955. The standard InChI is InChI=1S/C25H32ClN5O3/c1-27-17-23(32)31(24(33)18-28-2)22-9-5-20(6-10-22)25(34)30-15-13-29(14-16-30)12-11-19-3-7-21(26)8-4-19/h3-10,27-28H,11-18H2,1-2H3. The summed E-state index contributed by atoms with van der Waals surface area (Å²) in [4.78, 5) is 43.2. The zero-order valence-electron chi connectivity index (χ0n) is 19.7. The summed E-state index contributed by atoms with van der Waals surface area (Å²) in [7, 11) is 3.30. The smallest absolute Gasteiger partial charge is 0.253 e. The Labute approximate surface area is 205 Å². The van der Waals surface area contributed by atoms with Crippen LogP contribution in [0.25, 0.3) is 0 Å². The van der Waals surface area contributed by atoms with Crippen LogP contribution >= 0.6 is 11.6 Å². The summed E-state index contributed by atoms with van der Waals surface area (Å²) in [6.07, 6.45) is 0.946. The minimum absolute atomic E-state index is 0.0401. The fourth-order valence-corrected chi connectivity index (χ4v) is 4.06. The molecule has 1 aliphatic heterocycles. The Morgan fingerprint density at radius 3 is 1.94 bits per heavy atom. The number of rotatable bonds is 9. The van der Waals surface area contributed by atoms with Crippen molar-refractivity contribution in [3.8, 4) is 0 Å². The largest absolute Gasteiger partial charge is 0.336 e. The SMILES string of the molecule is CNCC(=O)N(C(=O)CNC)c1ccc(C(=O)N2CCN(CCc3ccc(Cl)cc3)CC2)cc1. The third kappa shape index (κ3) is 6.87. The first kappa shape index (κ1) is 25.8. The van der Waals surface area contributed by atoms with Gasteiger partial charge in [-0.15, -0.1) is 0 Å². The zero-order valence-corrected chi connectivity index (χ0v) is 20.5. The Morgan fingerprint density at radius 2 is 1.41 bits per heavy atom. The number of halogens is 1. The molecule has 182 valence electrons. The highest BCUT2D eigenvalue weighted by Crippen LogP contribution is 2.18. The Kier molecular flexibility index (Phi) is 9.59. The minimum Gasteiger partial charge on any atom is -0.336 e. The second kappa shape index (κ2) is 12.6. The molecule has 1 saturated heterocycles. The average Bonchev–Trinajstić information content (AvgIpc) is 2.84. The number of hydrogen-bond acceptors (Lipinski definition) is 6. The molecule has 2 aromatic rings. The summed E-state index contributed by atoms with van der Waals surface area (Å²) in [6.45, 7) is 3.99. The Morgan fingerprint density at radius 1 is 0.853 bits per heavy atom. The number of carbonyl (C=O) groups excluding carboxylic acids is 3. The molecule has 0 bridgehead atoms. The lowest BCUT2D eigenvalue weighted by Crippen LogP contribution is -2.49. The molecule has 8 nitrogen and oxygen atoms in total. The lowest BCUT2D eigenvalue weighted by molar-refractivity contribution is -0.125. The van der Waals surface area contributed by atoms with Crippen LogP contribution in [0.15, 0.2) is 48.5 Å². The van der Waals surface area contributed by atoms with Gasteiger partial charge in [0.1, 0.15) is 0 Å². The molecule has 34 heavy (non-hydrogen) atoms. The molecule has 3 rings (SSSR count). The van der Waals surface area contributed by atoms with Gasteiger partial charge in [-0.3, -0.25) is 19.3 Å². The summed E-state index contributed by atoms with van der Waals surface area (Å²) >= 11 is 5.95. The number of likely N-dealkylation sites (N-methyl/N-ethyl adjacent to an activating group) is 2. The highest BCUT2D eigenvalue weighted by Gasteiger charge is 2.24. The molecule has 0 atom stereocenters. The molecule has 1 aliphatic rings. The molecule has 2 N–H and O–H groups in total. The molecule has 0 spiro atoms. The van der Waals surface area contributed by atoms with Crippen molar-refractivity contribution in [3.05, 3.63) is 64.7 Å². The summed E-state index contributed by atoms with van der Waals surface area (Å²) in [5.74, 6) is -0.744. The molecule has 0 unspecified atom stereocenters. The highest BCUT2D eigenvalue weighted by atomic mass is 35.5. The molecule has 2 aromatic carbocycles. The number of amides is 3. The molecule has 0 aliphatic carbocycles. The maximum Gasteiger partial charge on any atom is 0.253 e. The van der Waals surface area contributed by atoms with E-state index in [0.717, 1.165) is 36.0 Å². The van der Waals surface area contributed by atoms with Crippen molar-refractivity contribution in [1.82, 2.24) is 20.4 Å². The fourth-order valence-electron chi connectivity index (χ4n) is 3.94. The minimum atomic E-state index is -0.350. The van der Waals surface area contributed by atoms with Crippen molar-refractivity contribution < 1.29 is 14.4 Å². The normalized spacial score (nSPS) is 14.1. The maximum absolute atomic E-state index is 13.0. The number of benzene rings is 2. The van der Waals surface area contributed by atoms with Gasteiger partial charge in [0.15, 0.2) is 0 Å². The molecule has 0 aromatic heterocycles. The second-order valence-corrected chi connectivity index (χ2v) is 8.68. The zero-order chi connectivity index (χ0) is 24.5. The predicted octanol–water partition coefficient (Wildman–Crippen LogP) is 1.64. The van der Waals surface area contributed by atoms with Crippen molar-refractivity contribution in [2.75, 3.05) is 64.8 Å². The van der Waals surface area contributed by atoms with E-state index in [2.05, 4.69) is 15.5 Å². The van der Waals surface area contributed by atoms with Crippen LogP contribution < -0.4 is 15.5 Å². The van der Waals surface area contributed by atoms with Crippen LogP contribution in [0.4, 0.5) is 5.69 Å². The molecule has 0 saturated carbocycles. The summed E-state index contributed by atoms with van der Waals surface area (Å²) in [6, 6.07) is 14.6. The van der Waals surface area contributed by atoms with Crippen LogP contribution in [0, 0.1) is 0 Å². The summed E-state index contributed by atoms with van der Waals surface area (Å²) < 4.78 is 0. The number of piperazine rings is 1. The number of hydrogen-bond donors (Lipinski definition) is 2. The van der Waals surface area contributed by atoms with Crippen molar-refractivity contribution >= 4 is 35.0 Å². The number of nitrogens with one attached hydrogen (secondary N) is 2. The van der Waals surface area contributed by atoms with Crippen molar-refractivity contribution in [2.24, 2.45) is 0 Å². The number of nitrogens with zero attached hydrogens (tertiary/aromatic N) is 3. The van der Waals surface area contributed by atoms with Gasteiger partial charge in [-0.05, 0) is 62.5 Å². The van der Waals surface area contributed by atoms with Gasteiger partial charge in [-0.2, -0.15) is 0 Å². The lowest BCUT2D eigenvalue weighted by atomic mass is 10.1. The van der Waals surface area contributed by atoms with Crippen LogP contribution in [0.5, 0.6) is 0 Å². The van der Waals surface area contributed by atoms with Gasteiger partial charge in [0.25, 0.3) is 5.91 Å². The third-order valence-corrected chi connectivity index (χ3v) is 6.07. The average molecular weight is 486 g/mol. The van der Waals surface area contributed by atoms with Gasteiger partial charge in [0.2, 0.25) is 11.8 Å². The van der Waals surface area contributed by atoms with Gasteiger partial charge in [0.05, 0.1) is 18.8 Å². The second-order valence-electron chi connectivity index (χ2n) is 8.24. The van der Waals surface area contributed by atoms with Gasteiger partial charge >= 0.3 is 0 Å². The number of anilines is 1. The molecular weight excluding hydrogens is 454 g/mol. The van der Waals surface area contributed by atoms with Gasteiger partial charge in [-0.25, -0.2) is 4.90 Å². The third-order valence-electron chi connectivity index (χ3n) is 5.82. The quantitative estimate of drug-likeness (QED) is 0.561. The first-order valence-corrected chi connectivity index (χ1v) is 11.8. The van der Waals surface area contributed by atoms with Gasteiger partial charge < -0.3 is 15.5 Å². The molecule has 1 heterocycles. The topological polar surface area (TPSA) is 85.0 Å². The van der Waals surface area contributed by atoms with Crippen molar-refractivity contribution in [3.63, 3.8) is 0 Å². The van der Waals surface area contributed by atoms with Crippen LogP contribution in [-0.2, 0) is 16.0 Å². The molecule has 3 amide bonds. The van der Waals surface area contributed by atoms with E-state index >= 15 is 0 Å². The predicted molar refractivity (Wildman–Crippen MR) is 134 cm³/mol. The summed E-state index contributed by atoms with van der Waals surface area (Å²) in [5.41, 5.74) is 2.24. The van der Waals surface area contributed by atoms with E-state index in [-0.39, 0.29) is 30.8 Å². The van der Waals surface area contributed by atoms with E-state index in [1.807, 2.05) is 29.2 Å². The van der Waals surface area contributed by atoms with E-state index in [4.69, 9.17) is 11.6 Å². The van der Waals surface area contributed by atoms with E-state index in [9.17, 15) is 14.4 Å². The van der Waals surface area contributed by atoms with Crippen LogP contribution in [0.2, 0.25) is 5.02 Å². The van der Waals surface area contributed by atoms with E-state index in [0.29, 0.717) is 24.3 Å². The molecular formula is C25H32ClN5O3. The lowest BCUT2D eigenvalue weighted by Gasteiger charge is -2.34. The van der Waals surface area contributed by atoms with Crippen LogP contribution in [0.1, 0.15) is 15.9 Å². The first-order valence-electron chi connectivity index (χ1n) is 11.4. The van der Waals surface area contributed by atoms with Crippen LogP contribution in [-0.4, -0.2) is 87.4 Å². The summed E-state index contributed by atoms with van der Waals surface area (Å²) in [5, 5.41) is 6.30. The highest BCUT2D eigenvalue weighted by molar-refractivity contribution is 6.30. The van der Waals surface area contributed by atoms with Gasteiger partial charge in [0, 0.05) is 43.3 Å². The molecule has 0 radical (unpaired) electrons. The van der Waals surface area contributed by atoms with Crippen LogP contribution in [0.3, 0.4) is 0 Å². The Hall–Kier alpha value is -2.78. The molecule has 1 fully saturated rings. The van der Waals surface area contributed by atoms with Crippen molar-refractivity contribution in [2.45, 2.75) is 6.42 Å². The van der Waals surface area contributed by atoms with Crippen molar-refractivity contribution in [1.29, 1.82) is 0 Å².